The second-order valence-corrected chi connectivity index (χ2v) is 12.9. The smallest absolute Gasteiger partial charge is 0.348 e. The third-order valence-electron chi connectivity index (χ3n) is 6.43. The van der Waals surface area contributed by atoms with E-state index in [0.29, 0.717) is 21.4 Å². The summed E-state index contributed by atoms with van der Waals surface area (Å²) in [6.45, 7) is 11.0. The number of thiophene rings is 2. The number of nitrogens with one attached hydrogen (secondary N) is 2. The van der Waals surface area contributed by atoms with Crippen molar-refractivity contribution in [3.05, 3.63) is 73.5 Å². The van der Waals surface area contributed by atoms with Gasteiger partial charge in [-0.3, -0.25) is 14.2 Å². The molecule has 0 bridgehead atoms. The molecule has 1 aromatic carbocycles. The third-order valence-corrected chi connectivity index (χ3v) is 9.53. The Morgan fingerprint density at radius 1 is 1.02 bits per heavy atom. The maximum absolute atomic E-state index is 13.5. The summed E-state index contributed by atoms with van der Waals surface area (Å²) in [6.07, 6.45) is 0. The van der Waals surface area contributed by atoms with Crippen LogP contribution in [0.1, 0.15) is 73.0 Å². The molecule has 0 saturated carbocycles. The number of aryl methyl sites for hydroxylation is 2. The largest absolute Gasteiger partial charge is 0.462 e. The van der Waals surface area contributed by atoms with E-state index in [1.165, 1.54) is 23.1 Å². The van der Waals surface area contributed by atoms with Gasteiger partial charge in [0.25, 0.3) is 5.91 Å². The van der Waals surface area contributed by atoms with Crippen LogP contribution in [0.2, 0.25) is 0 Å². The number of thioether (sulfide) groups is 1. The molecule has 0 aliphatic heterocycles. The molecule has 44 heavy (non-hydrogen) atoms. The highest BCUT2D eigenvalue weighted by Gasteiger charge is 2.29. The highest BCUT2D eigenvalue weighted by Crippen LogP contribution is 2.35. The fourth-order valence-electron chi connectivity index (χ4n) is 4.21. The van der Waals surface area contributed by atoms with Crippen LogP contribution in [0.4, 0.5) is 5.00 Å². The molecule has 2 amide bonds. The highest BCUT2D eigenvalue weighted by atomic mass is 32.2. The van der Waals surface area contributed by atoms with E-state index in [1.54, 1.807) is 33.8 Å². The Kier molecular flexibility index (Phi) is 10.9. The fourth-order valence-corrected chi connectivity index (χ4v) is 6.83. The molecule has 0 spiro atoms. The molecule has 0 fully saturated rings. The standard InChI is InChI=1S/C30H33N5O6S3/c1-7-40-28(38)23-18(5)24(29(39)41-8-2)44-27(23)32-25(36)19(6)43-30-34-33-22(15-31-26(37)21-10-9-13-42-21)35(30)20-14-16(3)11-12-17(20)4/h9-14,19H,7-8,15H2,1-6H3,(H,31,37)(H,32,36). The van der Waals surface area contributed by atoms with Crippen molar-refractivity contribution in [2.75, 3.05) is 18.5 Å². The summed E-state index contributed by atoms with van der Waals surface area (Å²) < 4.78 is 12.2. The number of anilines is 1. The van der Waals surface area contributed by atoms with Crippen LogP contribution in [0.5, 0.6) is 0 Å². The lowest BCUT2D eigenvalue weighted by Crippen LogP contribution is -2.25. The van der Waals surface area contributed by atoms with Crippen molar-refractivity contribution in [2.24, 2.45) is 0 Å². The van der Waals surface area contributed by atoms with E-state index in [1.807, 2.05) is 48.1 Å². The first-order valence-electron chi connectivity index (χ1n) is 13.8. The molecule has 232 valence electrons. The summed E-state index contributed by atoms with van der Waals surface area (Å²) in [4.78, 5) is 52.3. The number of esters is 2. The van der Waals surface area contributed by atoms with Crippen LogP contribution >= 0.6 is 34.4 Å². The summed E-state index contributed by atoms with van der Waals surface area (Å²) in [5, 5.41) is 16.2. The van der Waals surface area contributed by atoms with Gasteiger partial charge in [-0.2, -0.15) is 0 Å². The van der Waals surface area contributed by atoms with Crippen LogP contribution in [0.3, 0.4) is 0 Å². The second-order valence-electron chi connectivity index (χ2n) is 9.63. The van der Waals surface area contributed by atoms with E-state index >= 15 is 0 Å². The molecule has 4 aromatic rings. The summed E-state index contributed by atoms with van der Waals surface area (Å²) in [5.74, 6) is -1.36. The van der Waals surface area contributed by atoms with Crippen LogP contribution in [-0.2, 0) is 20.8 Å². The minimum Gasteiger partial charge on any atom is -0.462 e. The van der Waals surface area contributed by atoms with E-state index in [9.17, 15) is 19.2 Å². The SMILES string of the molecule is CCOC(=O)c1sc(NC(=O)C(C)Sc2nnc(CNC(=O)c3cccs3)n2-c2cc(C)ccc2C)c(C(=O)OCC)c1C. The van der Waals surface area contributed by atoms with Crippen molar-refractivity contribution < 1.29 is 28.7 Å². The van der Waals surface area contributed by atoms with Gasteiger partial charge in [0.05, 0.1) is 41.1 Å². The number of hydrogen-bond acceptors (Lipinski definition) is 11. The summed E-state index contributed by atoms with van der Waals surface area (Å²) in [7, 11) is 0. The van der Waals surface area contributed by atoms with Gasteiger partial charge in [-0.05, 0) is 75.7 Å². The Morgan fingerprint density at radius 3 is 2.43 bits per heavy atom. The Hall–Kier alpha value is -4.01. The number of carbonyl (C=O) groups excluding carboxylic acids is 4. The van der Waals surface area contributed by atoms with Gasteiger partial charge in [-0.15, -0.1) is 32.9 Å². The molecular weight excluding hydrogens is 623 g/mol. The average molecular weight is 656 g/mol. The Balaban J connectivity index is 1.62. The van der Waals surface area contributed by atoms with Gasteiger partial charge in [-0.25, -0.2) is 9.59 Å². The molecule has 14 heteroatoms. The molecule has 1 unspecified atom stereocenters. The number of hydrogen-bond donors (Lipinski definition) is 2. The summed E-state index contributed by atoms with van der Waals surface area (Å²) in [6, 6.07) is 9.54. The molecule has 2 N–H and O–H groups in total. The van der Waals surface area contributed by atoms with E-state index in [-0.39, 0.29) is 41.1 Å². The summed E-state index contributed by atoms with van der Waals surface area (Å²) in [5.41, 5.74) is 3.30. The zero-order valence-corrected chi connectivity index (χ0v) is 27.6. The molecular formula is C30H33N5O6S3. The number of aromatic nitrogens is 3. The molecule has 3 aromatic heterocycles. The van der Waals surface area contributed by atoms with Crippen molar-refractivity contribution in [1.29, 1.82) is 0 Å². The molecule has 11 nitrogen and oxygen atoms in total. The van der Waals surface area contributed by atoms with Gasteiger partial charge < -0.3 is 20.1 Å². The molecule has 3 heterocycles. The number of nitrogens with zero attached hydrogens (tertiary/aromatic N) is 3. The van der Waals surface area contributed by atoms with Gasteiger partial charge in [0.2, 0.25) is 5.91 Å². The van der Waals surface area contributed by atoms with E-state index in [4.69, 9.17) is 9.47 Å². The van der Waals surface area contributed by atoms with Gasteiger partial charge in [0, 0.05) is 0 Å². The molecule has 0 saturated heterocycles. The van der Waals surface area contributed by atoms with Crippen molar-refractivity contribution in [2.45, 2.75) is 58.5 Å². The predicted octanol–water partition coefficient (Wildman–Crippen LogP) is 5.72. The molecule has 0 aliphatic rings. The highest BCUT2D eigenvalue weighted by molar-refractivity contribution is 8.00. The maximum Gasteiger partial charge on any atom is 0.348 e. The van der Waals surface area contributed by atoms with Gasteiger partial charge >= 0.3 is 11.9 Å². The van der Waals surface area contributed by atoms with E-state index in [0.717, 1.165) is 28.2 Å². The first-order valence-corrected chi connectivity index (χ1v) is 16.4. The minimum absolute atomic E-state index is 0.117. The number of benzene rings is 1. The quantitative estimate of drug-likeness (QED) is 0.145. The van der Waals surface area contributed by atoms with Crippen LogP contribution in [-0.4, -0.2) is 57.0 Å². The molecule has 4 rings (SSSR count). The minimum atomic E-state index is -0.694. The zero-order valence-electron chi connectivity index (χ0n) is 25.2. The van der Waals surface area contributed by atoms with Crippen molar-refractivity contribution in [1.82, 2.24) is 20.1 Å². The Morgan fingerprint density at radius 2 is 1.75 bits per heavy atom. The monoisotopic (exact) mass is 655 g/mol. The second kappa shape index (κ2) is 14.6. The topological polar surface area (TPSA) is 142 Å². The van der Waals surface area contributed by atoms with Crippen molar-refractivity contribution >= 4 is 63.2 Å². The Bertz CT molecular complexity index is 1680. The number of ether oxygens (including phenoxy) is 2. The number of carbonyl (C=O) groups is 4. The van der Waals surface area contributed by atoms with E-state index in [2.05, 4.69) is 20.8 Å². The van der Waals surface area contributed by atoms with Gasteiger partial charge in [0.1, 0.15) is 9.88 Å². The van der Waals surface area contributed by atoms with Crippen molar-refractivity contribution in [3.63, 3.8) is 0 Å². The first-order chi connectivity index (χ1) is 21.0. The number of rotatable bonds is 12. The summed E-state index contributed by atoms with van der Waals surface area (Å²) >= 11 is 3.48. The zero-order chi connectivity index (χ0) is 32.0. The molecule has 0 aliphatic carbocycles. The average Bonchev–Trinajstić information content (AvgIpc) is 3.73. The lowest BCUT2D eigenvalue weighted by Gasteiger charge is -2.16. The first kappa shape index (κ1) is 32.9. The normalized spacial score (nSPS) is 11.6. The third kappa shape index (κ3) is 7.37. The maximum atomic E-state index is 13.5. The van der Waals surface area contributed by atoms with Gasteiger partial charge in [0.15, 0.2) is 11.0 Å². The van der Waals surface area contributed by atoms with Crippen LogP contribution < -0.4 is 10.6 Å². The predicted molar refractivity (Wildman–Crippen MR) is 171 cm³/mol. The van der Waals surface area contributed by atoms with E-state index < -0.39 is 23.1 Å². The van der Waals surface area contributed by atoms with Crippen LogP contribution in [0.15, 0.2) is 40.9 Å². The Labute approximate surface area is 267 Å². The lowest BCUT2D eigenvalue weighted by atomic mass is 10.1. The molecule has 0 radical (unpaired) electrons. The lowest BCUT2D eigenvalue weighted by molar-refractivity contribution is -0.115. The van der Waals surface area contributed by atoms with Crippen molar-refractivity contribution in [3.8, 4) is 5.69 Å². The molecule has 1 atom stereocenters. The number of amides is 2. The van der Waals surface area contributed by atoms with Crippen LogP contribution in [0.25, 0.3) is 5.69 Å². The fraction of sp³-hybridized carbons (Fsp3) is 0.333. The van der Waals surface area contributed by atoms with Crippen LogP contribution in [0, 0.1) is 20.8 Å². The van der Waals surface area contributed by atoms with Gasteiger partial charge in [-0.1, -0.05) is 30.0 Å².